The van der Waals surface area contributed by atoms with Gasteiger partial charge >= 0.3 is 0 Å². The van der Waals surface area contributed by atoms with Gasteiger partial charge in [-0.25, -0.2) is 4.99 Å². The minimum absolute atomic E-state index is 0.191. The first-order chi connectivity index (χ1) is 14.0. The first kappa shape index (κ1) is 21.3. The Balaban J connectivity index is 1.83. The van der Waals surface area contributed by atoms with Crippen molar-refractivity contribution in [2.45, 2.75) is 0 Å². The minimum atomic E-state index is -0.191. The Kier molecular flexibility index (Phi) is 7.21. The SMILES string of the molecule is C=CCOc1c(I)cc(/C=C2\SC(=Nc3ccc(OC)cc3)NC2=O)cc1OC. The monoisotopic (exact) mass is 522 g/mol. The van der Waals surface area contributed by atoms with E-state index in [0.29, 0.717) is 28.2 Å². The van der Waals surface area contributed by atoms with Gasteiger partial charge in [0, 0.05) is 0 Å². The lowest BCUT2D eigenvalue weighted by Crippen LogP contribution is -2.19. The number of ether oxygens (including phenoxy) is 3. The van der Waals surface area contributed by atoms with E-state index >= 15 is 0 Å². The highest BCUT2D eigenvalue weighted by Crippen LogP contribution is 2.36. The number of halogens is 1. The smallest absolute Gasteiger partial charge is 0.264 e. The lowest BCUT2D eigenvalue weighted by Gasteiger charge is -2.12. The molecule has 2 aromatic rings. The Morgan fingerprint density at radius 2 is 1.97 bits per heavy atom. The van der Waals surface area contributed by atoms with Crippen molar-refractivity contribution in [1.29, 1.82) is 0 Å². The molecule has 0 saturated carbocycles. The molecule has 29 heavy (non-hydrogen) atoms. The fourth-order valence-corrected chi connectivity index (χ4v) is 4.13. The number of amides is 1. The van der Waals surface area contributed by atoms with E-state index in [4.69, 9.17) is 14.2 Å². The van der Waals surface area contributed by atoms with Crippen LogP contribution < -0.4 is 19.5 Å². The molecule has 0 aliphatic carbocycles. The molecule has 0 atom stereocenters. The molecular formula is C21H19IN2O4S. The summed E-state index contributed by atoms with van der Waals surface area (Å²) in [5.74, 6) is 1.81. The van der Waals surface area contributed by atoms with E-state index in [1.54, 1.807) is 26.4 Å². The summed E-state index contributed by atoms with van der Waals surface area (Å²) in [7, 11) is 3.19. The lowest BCUT2D eigenvalue weighted by atomic mass is 10.2. The summed E-state index contributed by atoms with van der Waals surface area (Å²) in [6.07, 6.45) is 3.48. The molecule has 1 aliphatic heterocycles. The van der Waals surface area contributed by atoms with Gasteiger partial charge in [-0.1, -0.05) is 12.7 Å². The average Bonchev–Trinajstić information content (AvgIpc) is 3.06. The van der Waals surface area contributed by atoms with Crippen LogP contribution >= 0.6 is 34.4 Å². The largest absolute Gasteiger partial charge is 0.497 e. The highest BCUT2D eigenvalue weighted by atomic mass is 127. The predicted octanol–water partition coefficient (Wildman–Crippen LogP) is 4.76. The van der Waals surface area contributed by atoms with E-state index in [9.17, 15) is 4.79 Å². The first-order valence-electron chi connectivity index (χ1n) is 8.59. The van der Waals surface area contributed by atoms with Crippen molar-refractivity contribution in [3.8, 4) is 17.2 Å². The van der Waals surface area contributed by atoms with E-state index in [1.165, 1.54) is 11.8 Å². The summed E-state index contributed by atoms with van der Waals surface area (Å²) in [5, 5.41) is 3.32. The Labute approximate surface area is 187 Å². The van der Waals surface area contributed by atoms with Crippen LogP contribution in [0.1, 0.15) is 5.56 Å². The highest BCUT2D eigenvalue weighted by Gasteiger charge is 2.24. The van der Waals surface area contributed by atoms with Crippen LogP contribution in [0.2, 0.25) is 0 Å². The molecule has 8 heteroatoms. The molecule has 1 amide bonds. The fraction of sp³-hybridized carbons (Fsp3) is 0.143. The number of thioether (sulfide) groups is 1. The van der Waals surface area contributed by atoms with Crippen molar-refractivity contribution in [2.24, 2.45) is 4.99 Å². The normalized spacial score (nSPS) is 16.0. The van der Waals surface area contributed by atoms with Gasteiger partial charge in [0.2, 0.25) is 0 Å². The third-order valence-corrected chi connectivity index (χ3v) is 5.56. The van der Waals surface area contributed by atoms with E-state index in [-0.39, 0.29) is 5.91 Å². The van der Waals surface area contributed by atoms with Crippen LogP contribution in [0.4, 0.5) is 5.69 Å². The molecule has 1 saturated heterocycles. The van der Waals surface area contributed by atoms with Crippen LogP contribution in [0.15, 0.2) is 59.0 Å². The molecule has 0 aromatic heterocycles. The predicted molar refractivity (Wildman–Crippen MR) is 125 cm³/mol. The van der Waals surface area contributed by atoms with Gasteiger partial charge in [-0.15, -0.1) is 0 Å². The van der Waals surface area contributed by atoms with Crippen molar-refractivity contribution < 1.29 is 19.0 Å². The molecule has 0 unspecified atom stereocenters. The van der Waals surface area contributed by atoms with Gasteiger partial charge in [-0.3, -0.25) is 4.79 Å². The van der Waals surface area contributed by atoms with Gasteiger partial charge < -0.3 is 19.5 Å². The van der Waals surface area contributed by atoms with Gasteiger partial charge in [0.15, 0.2) is 16.7 Å². The number of nitrogens with one attached hydrogen (secondary N) is 1. The summed E-state index contributed by atoms with van der Waals surface area (Å²) in [4.78, 5) is 17.4. The van der Waals surface area contributed by atoms with E-state index < -0.39 is 0 Å². The third kappa shape index (κ3) is 5.33. The average molecular weight is 522 g/mol. The van der Waals surface area contributed by atoms with Gasteiger partial charge in [0.1, 0.15) is 12.4 Å². The van der Waals surface area contributed by atoms with Crippen LogP contribution in [0, 0.1) is 3.57 Å². The third-order valence-electron chi connectivity index (χ3n) is 3.85. The van der Waals surface area contributed by atoms with Crippen LogP contribution in [0.25, 0.3) is 6.08 Å². The second-order valence-electron chi connectivity index (χ2n) is 5.81. The summed E-state index contributed by atoms with van der Waals surface area (Å²) in [6, 6.07) is 11.1. The zero-order valence-corrected chi connectivity index (χ0v) is 18.9. The zero-order chi connectivity index (χ0) is 20.8. The molecule has 150 valence electrons. The number of carbonyl (C=O) groups excluding carboxylic acids is 1. The summed E-state index contributed by atoms with van der Waals surface area (Å²) < 4.78 is 17.1. The van der Waals surface area contributed by atoms with E-state index in [2.05, 4.69) is 39.5 Å². The van der Waals surface area contributed by atoms with Crippen molar-refractivity contribution in [1.82, 2.24) is 5.32 Å². The second-order valence-corrected chi connectivity index (χ2v) is 8.01. The molecule has 1 aliphatic rings. The molecule has 0 bridgehead atoms. The number of carbonyl (C=O) groups is 1. The number of methoxy groups -OCH3 is 2. The van der Waals surface area contributed by atoms with Crippen LogP contribution in [-0.4, -0.2) is 31.9 Å². The number of amidine groups is 1. The standard InChI is InChI=1S/C21H19IN2O4S/c1-4-9-28-19-16(22)10-13(11-17(19)27-3)12-18-20(25)24-21(29-18)23-14-5-7-15(26-2)8-6-14/h4-8,10-12H,1,9H2,2-3H3,(H,23,24,25)/b18-12-. The minimum Gasteiger partial charge on any atom is -0.497 e. The second kappa shape index (κ2) is 9.84. The molecular weight excluding hydrogens is 503 g/mol. The fourth-order valence-electron chi connectivity index (χ4n) is 2.51. The topological polar surface area (TPSA) is 69.2 Å². The molecule has 1 heterocycles. The molecule has 0 radical (unpaired) electrons. The number of rotatable bonds is 7. The van der Waals surface area contributed by atoms with Crippen LogP contribution in [-0.2, 0) is 4.79 Å². The summed E-state index contributed by atoms with van der Waals surface area (Å²) >= 11 is 3.47. The van der Waals surface area contributed by atoms with Crippen LogP contribution in [0.3, 0.4) is 0 Å². The van der Waals surface area contributed by atoms with Crippen LogP contribution in [0.5, 0.6) is 17.2 Å². The number of hydrogen-bond donors (Lipinski definition) is 1. The Hall–Kier alpha value is -2.46. The van der Waals surface area contributed by atoms with Crippen molar-refractivity contribution in [3.05, 3.63) is 63.1 Å². The highest BCUT2D eigenvalue weighted by molar-refractivity contribution is 14.1. The van der Waals surface area contributed by atoms with E-state index in [1.807, 2.05) is 36.4 Å². The van der Waals surface area contributed by atoms with Crippen molar-refractivity contribution in [2.75, 3.05) is 20.8 Å². The maximum absolute atomic E-state index is 12.4. The molecule has 6 nitrogen and oxygen atoms in total. The summed E-state index contributed by atoms with van der Waals surface area (Å²) in [5.41, 5.74) is 1.57. The molecule has 2 aromatic carbocycles. The number of hydrogen-bond acceptors (Lipinski definition) is 6. The quantitative estimate of drug-likeness (QED) is 0.323. The molecule has 1 N–H and O–H groups in total. The Morgan fingerprint density at radius 1 is 1.21 bits per heavy atom. The maximum atomic E-state index is 12.4. The molecule has 1 fully saturated rings. The summed E-state index contributed by atoms with van der Waals surface area (Å²) in [6.45, 7) is 4.04. The van der Waals surface area contributed by atoms with Gasteiger partial charge in [0.05, 0.1) is 28.4 Å². The maximum Gasteiger partial charge on any atom is 0.264 e. The number of nitrogens with zero attached hydrogens (tertiary/aromatic N) is 1. The Bertz CT molecular complexity index is 987. The first-order valence-corrected chi connectivity index (χ1v) is 10.5. The lowest BCUT2D eigenvalue weighted by molar-refractivity contribution is -0.115. The van der Waals surface area contributed by atoms with Gasteiger partial charge in [0.25, 0.3) is 5.91 Å². The van der Waals surface area contributed by atoms with E-state index in [0.717, 1.165) is 20.6 Å². The zero-order valence-electron chi connectivity index (χ0n) is 15.9. The molecule has 3 rings (SSSR count). The van der Waals surface area contributed by atoms with Gasteiger partial charge in [-0.05, 0) is 82.4 Å². The molecule has 0 spiro atoms. The Morgan fingerprint density at radius 3 is 2.62 bits per heavy atom. The number of aliphatic imine (C=N–C) groups is 1. The van der Waals surface area contributed by atoms with Crippen molar-refractivity contribution >= 4 is 57.2 Å². The van der Waals surface area contributed by atoms with Gasteiger partial charge in [-0.2, -0.15) is 0 Å². The number of benzene rings is 2. The van der Waals surface area contributed by atoms with Crippen molar-refractivity contribution in [3.63, 3.8) is 0 Å².